The lowest BCUT2D eigenvalue weighted by Gasteiger charge is -2.22. The number of carboxylic acid groups (broad SMARTS) is 1. The Hall–Kier alpha value is -2.83. The Bertz CT molecular complexity index is 729. The number of amides is 1. The molecule has 24 heavy (non-hydrogen) atoms. The van der Waals surface area contributed by atoms with Crippen molar-refractivity contribution < 1.29 is 27.9 Å². The number of carbonyl (C=O) groups excluding carboxylic acids is 1. The third-order valence-corrected chi connectivity index (χ3v) is 3.29. The molecular weight excluding hydrogens is 323 g/mol. The molecule has 0 bridgehead atoms. The number of rotatable bonds is 5. The average molecular weight is 337 g/mol. The molecule has 7 heteroatoms. The second-order valence-electron chi connectivity index (χ2n) is 5.08. The summed E-state index contributed by atoms with van der Waals surface area (Å²) in [5.41, 5.74) is -1.03. The highest BCUT2D eigenvalue weighted by Crippen LogP contribution is 2.32. The normalized spacial score (nSPS) is 11.1. The van der Waals surface area contributed by atoms with Crippen molar-refractivity contribution in [2.45, 2.75) is 12.7 Å². The van der Waals surface area contributed by atoms with Gasteiger partial charge in [-0.25, -0.2) is 0 Å². The minimum Gasteiger partial charge on any atom is -0.480 e. The highest BCUT2D eigenvalue weighted by Gasteiger charge is 2.36. The minimum atomic E-state index is -4.70. The number of hydrogen-bond acceptors (Lipinski definition) is 2. The molecule has 2 rings (SSSR count). The number of aliphatic carboxylic acids is 1. The predicted molar refractivity (Wildman–Crippen MR) is 80.3 cm³/mol. The quantitative estimate of drug-likeness (QED) is 0.909. The smallest absolute Gasteiger partial charge is 0.417 e. The molecule has 126 valence electrons. The molecule has 0 aliphatic heterocycles. The van der Waals surface area contributed by atoms with Crippen LogP contribution in [0.3, 0.4) is 0 Å². The summed E-state index contributed by atoms with van der Waals surface area (Å²) in [6.45, 7) is -0.794. The monoisotopic (exact) mass is 337 g/mol. The van der Waals surface area contributed by atoms with Gasteiger partial charge in [-0.3, -0.25) is 9.59 Å². The fraction of sp³-hybridized carbons (Fsp3) is 0.176. The Morgan fingerprint density at radius 2 is 1.54 bits per heavy atom. The van der Waals surface area contributed by atoms with Crippen LogP contribution in [-0.2, 0) is 17.5 Å². The molecule has 1 N–H and O–H groups in total. The summed E-state index contributed by atoms with van der Waals surface area (Å²) in [4.78, 5) is 24.4. The molecule has 0 aliphatic carbocycles. The Balaban J connectivity index is 2.37. The van der Waals surface area contributed by atoms with Crippen molar-refractivity contribution in [1.29, 1.82) is 0 Å². The molecule has 0 saturated heterocycles. The van der Waals surface area contributed by atoms with E-state index in [9.17, 15) is 22.8 Å². The van der Waals surface area contributed by atoms with E-state index in [1.807, 2.05) is 0 Å². The zero-order valence-electron chi connectivity index (χ0n) is 12.5. The second-order valence-corrected chi connectivity index (χ2v) is 5.08. The van der Waals surface area contributed by atoms with E-state index < -0.39 is 35.7 Å². The molecule has 2 aromatic rings. The van der Waals surface area contributed by atoms with Gasteiger partial charge in [0, 0.05) is 6.54 Å². The van der Waals surface area contributed by atoms with Crippen molar-refractivity contribution in [1.82, 2.24) is 4.90 Å². The number of nitrogens with zero attached hydrogens (tertiary/aromatic N) is 1. The maximum absolute atomic E-state index is 13.1. The molecule has 0 fully saturated rings. The lowest BCUT2D eigenvalue weighted by molar-refractivity contribution is -0.138. The average Bonchev–Trinajstić information content (AvgIpc) is 2.53. The molecule has 1 amide bonds. The van der Waals surface area contributed by atoms with Gasteiger partial charge >= 0.3 is 12.1 Å². The van der Waals surface area contributed by atoms with Crippen LogP contribution in [0.15, 0.2) is 54.6 Å². The molecular formula is C17H14F3NO3. The van der Waals surface area contributed by atoms with Gasteiger partial charge in [0.25, 0.3) is 5.91 Å². The fourth-order valence-electron chi connectivity index (χ4n) is 2.25. The number of alkyl halides is 3. The third kappa shape index (κ3) is 4.34. The number of halogens is 3. The van der Waals surface area contributed by atoms with E-state index in [0.717, 1.165) is 17.0 Å². The van der Waals surface area contributed by atoms with Gasteiger partial charge in [0.2, 0.25) is 0 Å². The van der Waals surface area contributed by atoms with Gasteiger partial charge in [-0.2, -0.15) is 13.2 Å². The lowest BCUT2D eigenvalue weighted by Crippen LogP contribution is -2.36. The van der Waals surface area contributed by atoms with Crippen molar-refractivity contribution in [3.63, 3.8) is 0 Å². The van der Waals surface area contributed by atoms with E-state index in [0.29, 0.717) is 5.56 Å². The van der Waals surface area contributed by atoms with Gasteiger partial charge in [0.1, 0.15) is 6.54 Å². The van der Waals surface area contributed by atoms with Crippen LogP contribution in [0.2, 0.25) is 0 Å². The summed E-state index contributed by atoms with van der Waals surface area (Å²) in [7, 11) is 0. The van der Waals surface area contributed by atoms with Crippen LogP contribution in [-0.4, -0.2) is 28.4 Å². The molecule has 2 aromatic carbocycles. The summed E-state index contributed by atoms with van der Waals surface area (Å²) >= 11 is 0. The Labute approximate surface area is 136 Å². The van der Waals surface area contributed by atoms with Crippen LogP contribution in [0.1, 0.15) is 21.5 Å². The van der Waals surface area contributed by atoms with Gasteiger partial charge in [-0.1, -0.05) is 42.5 Å². The molecule has 0 unspecified atom stereocenters. The Kier molecular flexibility index (Phi) is 5.23. The summed E-state index contributed by atoms with van der Waals surface area (Å²) < 4.78 is 39.2. The topological polar surface area (TPSA) is 57.6 Å². The highest BCUT2D eigenvalue weighted by atomic mass is 19.4. The number of carbonyl (C=O) groups is 2. The standard InChI is InChI=1S/C17H14F3NO3/c18-17(19,20)14-9-5-4-8-13(14)16(24)21(11-15(22)23)10-12-6-2-1-3-7-12/h1-9H,10-11H2,(H,22,23). The first-order valence-corrected chi connectivity index (χ1v) is 7.00. The van der Waals surface area contributed by atoms with Crippen LogP contribution in [0.25, 0.3) is 0 Å². The number of hydrogen-bond donors (Lipinski definition) is 1. The first-order valence-electron chi connectivity index (χ1n) is 7.00. The van der Waals surface area contributed by atoms with Crippen molar-refractivity contribution in [2.24, 2.45) is 0 Å². The molecule has 0 heterocycles. The Morgan fingerprint density at radius 1 is 0.958 bits per heavy atom. The van der Waals surface area contributed by atoms with Crippen LogP contribution in [0.4, 0.5) is 13.2 Å². The van der Waals surface area contributed by atoms with Gasteiger partial charge in [0.15, 0.2) is 0 Å². The van der Waals surface area contributed by atoms with E-state index in [1.165, 1.54) is 12.1 Å². The first kappa shape index (κ1) is 17.5. The van der Waals surface area contributed by atoms with Crippen LogP contribution < -0.4 is 0 Å². The third-order valence-electron chi connectivity index (χ3n) is 3.29. The number of carboxylic acids is 1. The zero-order chi connectivity index (χ0) is 17.7. The Morgan fingerprint density at radius 3 is 2.12 bits per heavy atom. The molecule has 0 spiro atoms. The SMILES string of the molecule is O=C(O)CN(Cc1ccccc1)C(=O)c1ccccc1C(F)(F)F. The molecule has 4 nitrogen and oxygen atoms in total. The number of benzene rings is 2. The molecule has 0 aliphatic rings. The van der Waals surface area contributed by atoms with Crippen LogP contribution in [0, 0.1) is 0 Å². The van der Waals surface area contributed by atoms with Crippen LogP contribution >= 0.6 is 0 Å². The van der Waals surface area contributed by atoms with Crippen molar-refractivity contribution in [2.75, 3.05) is 6.54 Å². The summed E-state index contributed by atoms with van der Waals surface area (Å²) in [5.74, 6) is -2.28. The van der Waals surface area contributed by atoms with Gasteiger partial charge in [-0.05, 0) is 17.7 Å². The summed E-state index contributed by atoms with van der Waals surface area (Å²) in [5, 5.41) is 8.97. The van der Waals surface area contributed by atoms with E-state index >= 15 is 0 Å². The van der Waals surface area contributed by atoms with Crippen molar-refractivity contribution >= 4 is 11.9 Å². The predicted octanol–water partition coefficient (Wildman–Crippen LogP) is 3.43. The largest absolute Gasteiger partial charge is 0.480 e. The second kappa shape index (κ2) is 7.16. The summed E-state index contributed by atoms with van der Waals surface area (Å²) in [6, 6.07) is 12.8. The molecule has 0 atom stereocenters. The molecule has 0 radical (unpaired) electrons. The molecule has 0 aromatic heterocycles. The minimum absolute atomic E-state index is 0.0990. The maximum Gasteiger partial charge on any atom is 0.417 e. The lowest BCUT2D eigenvalue weighted by atomic mass is 10.1. The van der Waals surface area contributed by atoms with E-state index in [4.69, 9.17) is 5.11 Å². The van der Waals surface area contributed by atoms with E-state index in [-0.39, 0.29) is 6.54 Å². The molecule has 0 saturated carbocycles. The van der Waals surface area contributed by atoms with Crippen molar-refractivity contribution in [3.05, 3.63) is 71.3 Å². The van der Waals surface area contributed by atoms with Crippen molar-refractivity contribution in [3.8, 4) is 0 Å². The zero-order valence-corrected chi connectivity index (χ0v) is 12.5. The van der Waals surface area contributed by atoms with Gasteiger partial charge in [0.05, 0.1) is 11.1 Å². The van der Waals surface area contributed by atoms with E-state index in [1.54, 1.807) is 30.3 Å². The van der Waals surface area contributed by atoms with Crippen LogP contribution in [0.5, 0.6) is 0 Å². The van der Waals surface area contributed by atoms with Gasteiger partial charge < -0.3 is 10.0 Å². The fourth-order valence-corrected chi connectivity index (χ4v) is 2.25. The van der Waals surface area contributed by atoms with E-state index in [2.05, 4.69) is 0 Å². The highest BCUT2D eigenvalue weighted by molar-refractivity contribution is 5.97. The first-order chi connectivity index (χ1) is 11.3. The summed E-state index contributed by atoms with van der Waals surface area (Å²) in [6.07, 6.45) is -4.70. The maximum atomic E-state index is 13.1. The van der Waals surface area contributed by atoms with Gasteiger partial charge in [-0.15, -0.1) is 0 Å².